The van der Waals surface area contributed by atoms with Crippen molar-refractivity contribution in [2.75, 3.05) is 12.4 Å². The topological polar surface area (TPSA) is 47.0 Å². The highest BCUT2D eigenvalue weighted by atomic mass is 79.9. The van der Waals surface area contributed by atoms with Gasteiger partial charge in [-0.3, -0.25) is 0 Å². The molecule has 1 aromatic carbocycles. The van der Waals surface area contributed by atoms with Crippen molar-refractivity contribution in [1.82, 2.24) is 9.97 Å². The number of anilines is 2. The van der Waals surface area contributed by atoms with Crippen molar-refractivity contribution < 1.29 is 9.13 Å². The van der Waals surface area contributed by atoms with Gasteiger partial charge >= 0.3 is 0 Å². The first kappa shape index (κ1) is 14.2. The van der Waals surface area contributed by atoms with Gasteiger partial charge in [-0.05, 0) is 40.2 Å². The highest BCUT2D eigenvalue weighted by Crippen LogP contribution is 2.25. The molecule has 7 heteroatoms. The van der Waals surface area contributed by atoms with Gasteiger partial charge in [-0.2, -0.15) is 0 Å². The molecule has 1 N–H and O–H groups in total. The van der Waals surface area contributed by atoms with E-state index in [9.17, 15) is 4.39 Å². The SMILES string of the molecule is COCc1cc(Cl)nc(Nc2ccc(F)cc2Br)n1. The van der Waals surface area contributed by atoms with Crippen molar-refractivity contribution in [1.29, 1.82) is 0 Å². The number of ether oxygens (including phenoxy) is 1. The van der Waals surface area contributed by atoms with Crippen molar-refractivity contribution in [3.63, 3.8) is 0 Å². The second kappa shape index (κ2) is 6.27. The van der Waals surface area contributed by atoms with Crippen molar-refractivity contribution >= 4 is 39.2 Å². The lowest BCUT2D eigenvalue weighted by Gasteiger charge is -2.08. The van der Waals surface area contributed by atoms with E-state index in [1.165, 1.54) is 12.1 Å². The lowest BCUT2D eigenvalue weighted by atomic mass is 10.3. The molecule has 100 valence electrons. The molecule has 1 heterocycles. The van der Waals surface area contributed by atoms with Gasteiger partial charge in [0.2, 0.25) is 5.95 Å². The smallest absolute Gasteiger partial charge is 0.228 e. The minimum Gasteiger partial charge on any atom is -0.378 e. The van der Waals surface area contributed by atoms with Gasteiger partial charge in [-0.15, -0.1) is 0 Å². The third-order valence-corrected chi connectivity index (χ3v) is 3.07. The highest BCUT2D eigenvalue weighted by molar-refractivity contribution is 9.10. The van der Waals surface area contributed by atoms with Crippen molar-refractivity contribution in [3.8, 4) is 0 Å². The molecule has 0 aliphatic rings. The van der Waals surface area contributed by atoms with Crippen molar-refractivity contribution in [2.45, 2.75) is 6.61 Å². The number of nitrogens with one attached hydrogen (secondary N) is 1. The molecule has 0 amide bonds. The Labute approximate surface area is 123 Å². The van der Waals surface area contributed by atoms with E-state index in [-0.39, 0.29) is 5.82 Å². The predicted octanol–water partition coefficient (Wildman–Crippen LogP) is 3.92. The van der Waals surface area contributed by atoms with E-state index in [0.717, 1.165) is 0 Å². The Morgan fingerprint density at radius 3 is 2.84 bits per heavy atom. The third-order valence-electron chi connectivity index (χ3n) is 2.22. The monoisotopic (exact) mass is 345 g/mol. The van der Waals surface area contributed by atoms with Crippen LogP contribution in [0.3, 0.4) is 0 Å². The molecular weight excluding hydrogens is 337 g/mol. The Hall–Kier alpha value is -1.24. The molecule has 0 aliphatic carbocycles. The van der Waals surface area contributed by atoms with Crippen LogP contribution in [-0.4, -0.2) is 17.1 Å². The van der Waals surface area contributed by atoms with Crippen LogP contribution in [0.5, 0.6) is 0 Å². The van der Waals surface area contributed by atoms with Crippen LogP contribution >= 0.6 is 27.5 Å². The average Bonchev–Trinajstić information content (AvgIpc) is 2.32. The molecule has 0 saturated heterocycles. The number of nitrogens with zero attached hydrogens (tertiary/aromatic N) is 2. The quantitative estimate of drug-likeness (QED) is 0.852. The standard InChI is InChI=1S/C12H10BrClFN3O/c1-19-6-8-5-11(14)18-12(16-8)17-10-3-2-7(15)4-9(10)13/h2-5H,6H2,1H3,(H,16,17,18). The van der Waals surface area contributed by atoms with Crippen molar-refractivity contribution in [3.05, 3.63) is 45.4 Å². The maximum Gasteiger partial charge on any atom is 0.228 e. The van der Waals surface area contributed by atoms with Crippen LogP contribution < -0.4 is 5.32 Å². The van der Waals surface area contributed by atoms with E-state index < -0.39 is 0 Å². The van der Waals surface area contributed by atoms with Crippen molar-refractivity contribution in [2.24, 2.45) is 0 Å². The van der Waals surface area contributed by atoms with Crippen LogP contribution in [0.1, 0.15) is 5.69 Å². The van der Waals surface area contributed by atoms with E-state index >= 15 is 0 Å². The van der Waals surface area contributed by atoms with Gasteiger partial charge in [-0.25, -0.2) is 14.4 Å². The Balaban J connectivity index is 2.27. The number of hydrogen-bond acceptors (Lipinski definition) is 4. The van der Waals surface area contributed by atoms with Gasteiger partial charge in [0.1, 0.15) is 11.0 Å². The molecule has 0 radical (unpaired) electrons. The predicted molar refractivity (Wildman–Crippen MR) is 75.1 cm³/mol. The summed E-state index contributed by atoms with van der Waals surface area (Å²) in [5, 5.41) is 3.27. The lowest BCUT2D eigenvalue weighted by molar-refractivity contribution is 0.181. The summed E-state index contributed by atoms with van der Waals surface area (Å²) in [6.07, 6.45) is 0. The molecule has 0 bridgehead atoms. The van der Waals surface area contributed by atoms with Crippen LogP contribution in [-0.2, 0) is 11.3 Å². The van der Waals surface area contributed by atoms with E-state index in [0.29, 0.717) is 33.6 Å². The van der Waals surface area contributed by atoms with Crippen LogP contribution in [0.4, 0.5) is 16.0 Å². The number of rotatable bonds is 4. The number of methoxy groups -OCH3 is 1. The number of aromatic nitrogens is 2. The number of hydrogen-bond donors (Lipinski definition) is 1. The van der Waals surface area contributed by atoms with Gasteiger partial charge in [-0.1, -0.05) is 11.6 Å². The fraction of sp³-hybridized carbons (Fsp3) is 0.167. The highest BCUT2D eigenvalue weighted by Gasteiger charge is 2.06. The second-order valence-corrected chi connectivity index (χ2v) is 4.93. The van der Waals surface area contributed by atoms with E-state index in [1.54, 1.807) is 19.2 Å². The van der Waals surface area contributed by atoms with Gasteiger partial charge in [0.05, 0.1) is 18.0 Å². The molecule has 0 fully saturated rings. The summed E-state index contributed by atoms with van der Waals surface area (Å²) in [7, 11) is 1.57. The Kier molecular flexibility index (Phi) is 4.68. The first-order chi connectivity index (χ1) is 9.08. The van der Waals surface area contributed by atoms with Crippen LogP contribution in [0, 0.1) is 5.82 Å². The molecule has 0 aliphatic heterocycles. The van der Waals surface area contributed by atoms with Gasteiger partial charge in [0.25, 0.3) is 0 Å². The maximum absolute atomic E-state index is 13.0. The molecule has 1 aromatic heterocycles. The zero-order chi connectivity index (χ0) is 13.8. The lowest BCUT2D eigenvalue weighted by Crippen LogP contribution is -2.02. The largest absolute Gasteiger partial charge is 0.378 e. The average molecular weight is 347 g/mol. The van der Waals surface area contributed by atoms with Crippen LogP contribution in [0.25, 0.3) is 0 Å². The molecule has 2 rings (SSSR count). The molecular formula is C12H10BrClFN3O. The Bertz CT molecular complexity index is 597. The summed E-state index contributed by atoms with van der Waals surface area (Å²) in [5.74, 6) is -0.00336. The normalized spacial score (nSPS) is 10.5. The van der Waals surface area contributed by atoms with Crippen LogP contribution in [0.2, 0.25) is 5.15 Å². The second-order valence-electron chi connectivity index (χ2n) is 3.69. The Morgan fingerprint density at radius 2 is 2.16 bits per heavy atom. The molecule has 0 spiro atoms. The first-order valence-corrected chi connectivity index (χ1v) is 6.50. The third kappa shape index (κ3) is 3.86. The van der Waals surface area contributed by atoms with E-state index in [1.807, 2.05) is 0 Å². The van der Waals surface area contributed by atoms with Gasteiger partial charge in [0, 0.05) is 11.6 Å². The fourth-order valence-electron chi connectivity index (χ4n) is 1.45. The zero-order valence-electron chi connectivity index (χ0n) is 9.95. The Morgan fingerprint density at radius 1 is 1.37 bits per heavy atom. The number of halogens is 3. The minimum atomic E-state index is -0.329. The first-order valence-electron chi connectivity index (χ1n) is 5.33. The fourth-order valence-corrected chi connectivity index (χ4v) is 2.11. The maximum atomic E-state index is 13.0. The van der Waals surface area contributed by atoms with Crippen LogP contribution in [0.15, 0.2) is 28.7 Å². The summed E-state index contributed by atoms with van der Waals surface area (Å²) in [4.78, 5) is 8.28. The molecule has 0 atom stereocenters. The molecule has 19 heavy (non-hydrogen) atoms. The summed E-state index contributed by atoms with van der Waals surface area (Å²) >= 11 is 9.16. The zero-order valence-corrected chi connectivity index (χ0v) is 12.3. The number of benzene rings is 1. The van der Waals surface area contributed by atoms with Gasteiger partial charge in [0.15, 0.2) is 0 Å². The van der Waals surface area contributed by atoms with E-state index in [4.69, 9.17) is 16.3 Å². The molecule has 4 nitrogen and oxygen atoms in total. The van der Waals surface area contributed by atoms with Gasteiger partial charge < -0.3 is 10.1 Å². The summed E-state index contributed by atoms with van der Waals surface area (Å²) in [5.41, 5.74) is 1.30. The minimum absolute atomic E-state index is 0.308. The summed E-state index contributed by atoms with van der Waals surface area (Å²) in [6, 6.07) is 5.90. The molecule has 0 unspecified atom stereocenters. The molecule has 0 saturated carbocycles. The molecule has 2 aromatic rings. The summed E-state index contributed by atoms with van der Waals surface area (Å²) in [6.45, 7) is 0.335. The summed E-state index contributed by atoms with van der Waals surface area (Å²) < 4.78 is 18.6. The van der Waals surface area contributed by atoms with E-state index in [2.05, 4.69) is 31.2 Å².